The smallest absolute Gasteiger partial charge is 0.233 e. The summed E-state index contributed by atoms with van der Waals surface area (Å²) < 4.78 is 2.01. The third-order valence-electron chi connectivity index (χ3n) is 3.48. The van der Waals surface area contributed by atoms with Crippen molar-refractivity contribution in [2.45, 2.75) is 24.7 Å². The number of nitrogens with zero attached hydrogens (tertiary/aromatic N) is 4. The molecule has 0 saturated heterocycles. The Morgan fingerprint density at radius 1 is 1.25 bits per heavy atom. The van der Waals surface area contributed by atoms with E-state index < -0.39 is 0 Å². The lowest BCUT2D eigenvalue weighted by molar-refractivity contribution is -0.127. The Morgan fingerprint density at radius 2 is 2.00 bits per heavy atom. The molecular formula is C16H18N4OS3. The zero-order chi connectivity index (χ0) is 16.8. The van der Waals surface area contributed by atoms with Crippen LogP contribution >= 0.6 is 34.4 Å². The Balaban J connectivity index is 1.49. The summed E-state index contributed by atoms with van der Waals surface area (Å²) in [7, 11) is 1.84. The number of rotatable bonds is 8. The van der Waals surface area contributed by atoms with E-state index in [0.29, 0.717) is 12.3 Å². The molecule has 0 aliphatic carbocycles. The van der Waals surface area contributed by atoms with E-state index in [1.54, 1.807) is 33.9 Å². The van der Waals surface area contributed by atoms with Gasteiger partial charge >= 0.3 is 0 Å². The Morgan fingerprint density at radius 3 is 2.71 bits per heavy atom. The van der Waals surface area contributed by atoms with E-state index in [9.17, 15) is 4.79 Å². The fourth-order valence-corrected chi connectivity index (χ4v) is 4.49. The highest BCUT2D eigenvalue weighted by atomic mass is 32.2. The van der Waals surface area contributed by atoms with Gasteiger partial charge in [-0.15, -0.1) is 32.9 Å². The van der Waals surface area contributed by atoms with Crippen LogP contribution in [0.1, 0.15) is 9.75 Å². The largest absolute Gasteiger partial charge is 0.340 e. The Kier molecular flexibility index (Phi) is 6.06. The quantitative estimate of drug-likeness (QED) is 0.564. The number of amides is 1. The van der Waals surface area contributed by atoms with Crippen LogP contribution in [-0.4, -0.2) is 38.4 Å². The molecule has 0 unspecified atom stereocenters. The van der Waals surface area contributed by atoms with Crippen LogP contribution in [0.3, 0.4) is 0 Å². The lowest BCUT2D eigenvalue weighted by atomic mass is 10.3. The molecule has 0 aromatic carbocycles. The van der Waals surface area contributed by atoms with E-state index >= 15 is 0 Å². The van der Waals surface area contributed by atoms with Crippen molar-refractivity contribution in [3.8, 4) is 0 Å². The van der Waals surface area contributed by atoms with Gasteiger partial charge in [0, 0.05) is 23.3 Å². The maximum Gasteiger partial charge on any atom is 0.233 e. The van der Waals surface area contributed by atoms with E-state index in [4.69, 9.17) is 0 Å². The Bertz CT molecular complexity index is 752. The maximum absolute atomic E-state index is 12.3. The van der Waals surface area contributed by atoms with Gasteiger partial charge in [0.2, 0.25) is 5.91 Å². The molecule has 0 atom stereocenters. The standard InChI is InChI=1S/C16H18N4OS3/c1-19(10-14-5-3-9-23-14)15(21)11-24-16-18-17-12-20(16)7-6-13-4-2-8-22-13/h2-5,8-9,12H,6-7,10-11H2,1H3. The van der Waals surface area contributed by atoms with E-state index in [2.05, 4.69) is 27.7 Å². The van der Waals surface area contributed by atoms with Crippen LogP contribution in [0, 0.1) is 0 Å². The fourth-order valence-electron chi connectivity index (χ4n) is 2.16. The first-order chi connectivity index (χ1) is 11.7. The third kappa shape index (κ3) is 4.68. The van der Waals surface area contributed by atoms with Crippen molar-refractivity contribution in [1.29, 1.82) is 0 Å². The lowest BCUT2D eigenvalue weighted by Gasteiger charge is -2.15. The highest BCUT2D eigenvalue weighted by Gasteiger charge is 2.13. The molecule has 5 nitrogen and oxygen atoms in total. The first-order valence-corrected chi connectivity index (χ1v) is 10.3. The van der Waals surface area contributed by atoms with Crippen LogP contribution in [0.4, 0.5) is 0 Å². The molecule has 3 rings (SSSR count). The number of carbonyl (C=O) groups excluding carboxylic acids is 1. The normalized spacial score (nSPS) is 10.9. The maximum atomic E-state index is 12.3. The molecule has 1 amide bonds. The summed E-state index contributed by atoms with van der Waals surface area (Å²) in [6, 6.07) is 8.24. The summed E-state index contributed by atoms with van der Waals surface area (Å²) in [5, 5.41) is 13.0. The molecule has 0 bridgehead atoms. The SMILES string of the molecule is CN(Cc1cccs1)C(=O)CSc1nncn1CCc1cccs1. The monoisotopic (exact) mass is 378 g/mol. The minimum Gasteiger partial charge on any atom is -0.340 e. The zero-order valence-corrected chi connectivity index (χ0v) is 15.7. The van der Waals surface area contributed by atoms with Gasteiger partial charge in [-0.25, -0.2) is 0 Å². The summed E-state index contributed by atoms with van der Waals surface area (Å²) in [6.07, 6.45) is 2.69. The molecule has 0 spiro atoms. The summed E-state index contributed by atoms with van der Waals surface area (Å²) in [5.74, 6) is 0.473. The summed E-state index contributed by atoms with van der Waals surface area (Å²) >= 11 is 4.86. The highest BCUT2D eigenvalue weighted by molar-refractivity contribution is 7.99. The van der Waals surface area contributed by atoms with E-state index in [1.165, 1.54) is 21.5 Å². The van der Waals surface area contributed by atoms with Gasteiger partial charge in [0.15, 0.2) is 5.16 Å². The molecule has 3 aromatic rings. The van der Waals surface area contributed by atoms with Crippen molar-refractivity contribution in [3.05, 3.63) is 51.1 Å². The Labute approximate surface area is 153 Å². The van der Waals surface area contributed by atoms with Crippen molar-refractivity contribution < 1.29 is 4.79 Å². The van der Waals surface area contributed by atoms with Gasteiger partial charge < -0.3 is 9.47 Å². The first-order valence-electron chi connectivity index (χ1n) is 7.51. The second-order valence-corrected chi connectivity index (χ2v) is 8.26. The molecule has 0 aliphatic heterocycles. The number of aryl methyl sites for hydroxylation is 2. The van der Waals surface area contributed by atoms with Crippen molar-refractivity contribution in [2.75, 3.05) is 12.8 Å². The van der Waals surface area contributed by atoms with Crippen LogP contribution in [-0.2, 0) is 24.3 Å². The number of thioether (sulfide) groups is 1. The van der Waals surface area contributed by atoms with Gasteiger partial charge in [0.25, 0.3) is 0 Å². The highest BCUT2D eigenvalue weighted by Crippen LogP contribution is 2.18. The minimum absolute atomic E-state index is 0.0983. The molecule has 0 saturated carbocycles. The van der Waals surface area contributed by atoms with Gasteiger partial charge in [-0.3, -0.25) is 4.79 Å². The topological polar surface area (TPSA) is 51.0 Å². The average Bonchev–Trinajstić information content (AvgIpc) is 3.32. The zero-order valence-electron chi connectivity index (χ0n) is 13.3. The fraction of sp³-hybridized carbons (Fsp3) is 0.312. The molecular weight excluding hydrogens is 360 g/mol. The first kappa shape index (κ1) is 17.2. The van der Waals surface area contributed by atoms with Crippen LogP contribution in [0.25, 0.3) is 0 Å². The number of hydrogen-bond donors (Lipinski definition) is 0. The van der Waals surface area contributed by atoms with Crippen molar-refractivity contribution in [3.63, 3.8) is 0 Å². The van der Waals surface area contributed by atoms with Crippen molar-refractivity contribution >= 4 is 40.3 Å². The van der Waals surface area contributed by atoms with E-state index in [0.717, 1.165) is 18.1 Å². The van der Waals surface area contributed by atoms with Crippen LogP contribution in [0.5, 0.6) is 0 Å². The number of hydrogen-bond acceptors (Lipinski definition) is 6. The molecule has 3 heterocycles. The Hall–Kier alpha value is -1.64. The molecule has 3 aromatic heterocycles. The van der Waals surface area contributed by atoms with Gasteiger partial charge in [-0.1, -0.05) is 23.9 Å². The molecule has 0 fully saturated rings. The summed E-state index contributed by atoms with van der Waals surface area (Å²) in [4.78, 5) is 16.6. The van der Waals surface area contributed by atoms with Gasteiger partial charge in [-0.2, -0.15) is 0 Å². The van der Waals surface area contributed by atoms with Gasteiger partial charge in [-0.05, 0) is 29.3 Å². The minimum atomic E-state index is 0.0983. The predicted molar refractivity (Wildman–Crippen MR) is 99.6 cm³/mol. The average molecular weight is 379 g/mol. The van der Waals surface area contributed by atoms with Gasteiger partial charge in [0.1, 0.15) is 6.33 Å². The molecule has 0 radical (unpaired) electrons. The molecule has 0 aliphatic rings. The molecule has 8 heteroatoms. The van der Waals surface area contributed by atoms with Crippen LogP contribution < -0.4 is 0 Å². The van der Waals surface area contributed by atoms with Crippen LogP contribution in [0.2, 0.25) is 0 Å². The summed E-state index contributed by atoms with van der Waals surface area (Å²) in [5.41, 5.74) is 0. The van der Waals surface area contributed by atoms with E-state index in [1.807, 2.05) is 29.1 Å². The van der Waals surface area contributed by atoms with E-state index in [-0.39, 0.29) is 5.91 Å². The van der Waals surface area contributed by atoms with Crippen molar-refractivity contribution in [1.82, 2.24) is 19.7 Å². The second-order valence-electron chi connectivity index (χ2n) is 5.25. The number of aromatic nitrogens is 3. The van der Waals surface area contributed by atoms with Gasteiger partial charge in [0.05, 0.1) is 12.3 Å². The lowest BCUT2D eigenvalue weighted by Crippen LogP contribution is -2.27. The van der Waals surface area contributed by atoms with Crippen molar-refractivity contribution in [2.24, 2.45) is 0 Å². The third-order valence-corrected chi connectivity index (χ3v) is 6.25. The summed E-state index contributed by atoms with van der Waals surface area (Å²) in [6.45, 7) is 1.48. The second kappa shape index (κ2) is 8.46. The predicted octanol–water partition coefficient (Wildman–Crippen LogP) is 3.39. The van der Waals surface area contributed by atoms with Crippen LogP contribution in [0.15, 0.2) is 46.5 Å². The molecule has 0 N–H and O–H groups in total. The number of carbonyl (C=O) groups is 1. The molecule has 126 valence electrons. The number of thiophene rings is 2. The molecule has 24 heavy (non-hydrogen) atoms.